The molecule has 4 rings (SSSR count). The highest BCUT2D eigenvalue weighted by molar-refractivity contribution is 6.31. The summed E-state index contributed by atoms with van der Waals surface area (Å²) in [6, 6.07) is 11.2. The molecule has 10 heteroatoms. The molecular weight excluding hydrogens is 458 g/mol. The number of hydrogen-bond donors (Lipinski definition) is 1. The van der Waals surface area contributed by atoms with Crippen LogP contribution in [0.5, 0.6) is 5.75 Å². The second kappa shape index (κ2) is 9.85. The number of hydrogen-bond acceptors (Lipinski definition) is 6. The van der Waals surface area contributed by atoms with Crippen molar-refractivity contribution in [3.63, 3.8) is 0 Å². The van der Waals surface area contributed by atoms with Crippen LogP contribution in [-0.2, 0) is 4.79 Å². The van der Waals surface area contributed by atoms with Crippen LogP contribution in [0.2, 0.25) is 10.0 Å². The third-order valence-corrected chi connectivity index (χ3v) is 5.83. The van der Waals surface area contributed by atoms with E-state index in [4.69, 9.17) is 32.4 Å². The van der Waals surface area contributed by atoms with Gasteiger partial charge in [0.05, 0.1) is 11.1 Å². The van der Waals surface area contributed by atoms with Crippen LogP contribution in [0, 0.1) is 5.82 Å². The van der Waals surface area contributed by atoms with E-state index in [1.807, 2.05) is 19.2 Å². The Bertz CT molecular complexity index is 1090. The maximum atomic E-state index is 13.5. The summed E-state index contributed by atoms with van der Waals surface area (Å²) < 4.78 is 24.7. The first kappa shape index (κ1) is 22.5. The Labute approximate surface area is 194 Å². The highest BCUT2D eigenvalue weighted by Crippen LogP contribution is 2.31. The van der Waals surface area contributed by atoms with Gasteiger partial charge >= 0.3 is 0 Å². The summed E-state index contributed by atoms with van der Waals surface area (Å²) in [6.07, 6.45) is 1.49. The van der Waals surface area contributed by atoms with Gasteiger partial charge in [-0.1, -0.05) is 23.2 Å². The first-order valence-corrected chi connectivity index (χ1v) is 10.8. The largest absolute Gasteiger partial charge is 0.484 e. The average Bonchev–Trinajstić information content (AvgIpc) is 3.25. The molecule has 1 aliphatic heterocycles. The predicted octanol–water partition coefficient (Wildman–Crippen LogP) is 4.51. The minimum absolute atomic E-state index is 0.00290. The summed E-state index contributed by atoms with van der Waals surface area (Å²) >= 11 is 11.6. The van der Waals surface area contributed by atoms with Crippen molar-refractivity contribution in [3.05, 3.63) is 64.2 Å². The predicted molar refractivity (Wildman–Crippen MR) is 118 cm³/mol. The van der Waals surface area contributed by atoms with Gasteiger partial charge in [-0.15, -0.1) is 10.2 Å². The van der Waals surface area contributed by atoms with E-state index in [1.54, 1.807) is 12.1 Å². The molecule has 2 atom stereocenters. The number of halogens is 3. The lowest BCUT2D eigenvalue weighted by atomic mass is 9.99. The number of likely N-dealkylation sites (tertiary alicyclic amines) is 1. The second-order valence-corrected chi connectivity index (χ2v) is 8.46. The van der Waals surface area contributed by atoms with Gasteiger partial charge in [0.1, 0.15) is 11.6 Å². The number of carbonyl (C=O) groups excluding carboxylic acids is 1. The Balaban J connectivity index is 1.29. The Hall–Kier alpha value is -2.68. The summed E-state index contributed by atoms with van der Waals surface area (Å²) in [7, 11) is 1.95. The van der Waals surface area contributed by atoms with Gasteiger partial charge in [0, 0.05) is 29.2 Å². The van der Waals surface area contributed by atoms with Crippen LogP contribution in [-0.4, -0.2) is 47.2 Å². The molecule has 32 heavy (non-hydrogen) atoms. The van der Waals surface area contributed by atoms with Gasteiger partial charge in [0.2, 0.25) is 11.8 Å². The number of nitrogens with zero attached hydrogens (tertiary/aromatic N) is 3. The quantitative estimate of drug-likeness (QED) is 0.561. The van der Waals surface area contributed by atoms with Gasteiger partial charge in [-0.3, -0.25) is 9.69 Å². The Morgan fingerprint density at radius 3 is 2.72 bits per heavy atom. The monoisotopic (exact) mass is 478 g/mol. The van der Waals surface area contributed by atoms with E-state index >= 15 is 0 Å². The van der Waals surface area contributed by atoms with Crippen LogP contribution >= 0.6 is 23.2 Å². The molecule has 1 saturated heterocycles. The van der Waals surface area contributed by atoms with Crippen molar-refractivity contribution in [1.82, 2.24) is 20.4 Å². The van der Waals surface area contributed by atoms with Crippen molar-refractivity contribution < 1.29 is 18.3 Å². The van der Waals surface area contributed by atoms with Crippen LogP contribution in [0.3, 0.4) is 0 Å². The molecule has 1 amide bonds. The molecular formula is C22H21Cl2FN4O3. The zero-order valence-electron chi connectivity index (χ0n) is 17.2. The van der Waals surface area contributed by atoms with E-state index in [2.05, 4.69) is 20.4 Å². The smallest absolute Gasteiger partial charge is 0.258 e. The van der Waals surface area contributed by atoms with Crippen LogP contribution in [0.1, 0.15) is 24.8 Å². The number of likely N-dealkylation sites (N-methyl/N-ethyl adjacent to an activating group) is 1. The van der Waals surface area contributed by atoms with Crippen LogP contribution < -0.4 is 10.1 Å². The van der Waals surface area contributed by atoms with Crippen molar-refractivity contribution in [3.8, 4) is 17.2 Å². The first-order valence-electron chi connectivity index (χ1n) is 10.1. The Morgan fingerprint density at radius 2 is 2.00 bits per heavy atom. The summed E-state index contributed by atoms with van der Waals surface area (Å²) in [5.41, 5.74) is 0.803. The molecule has 168 valence electrons. The summed E-state index contributed by atoms with van der Waals surface area (Å²) in [6.45, 7) is 0.406. The lowest BCUT2D eigenvalue weighted by molar-refractivity contribution is -0.124. The molecule has 0 radical (unpaired) electrons. The van der Waals surface area contributed by atoms with Gasteiger partial charge in [-0.05, 0) is 56.3 Å². The van der Waals surface area contributed by atoms with Crippen molar-refractivity contribution in [2.75, 3.05) is 20.2 Å². The lowest BCUT2D eigenvalue weighted by Gasteiger charge is -2.35. The van der Waals surface area contributed by atoms with Gasteiger partial charge in [-0.2, -0.15) is 0 Å². The zero-order chi connectivity index (χ0) is 22.7. The molecule has 2 heterocycles. The van der Waals surface area contributed by atoms with Crippen molar-refractivity contribution >= 4 is 29.1 Å². The van der Waals surface area contributed by atoms with Gasteiger partial charge < -0.3 is 14.5 Å². The maximum Gasteiger partial charge on any atom is 0.258 e. The summed E-state index contributed by atoms with van der Waals surface area (Å²) in [5, 5.41) is 12.0. The third kappa shape index (κ3) is 5.38. The first-order chi connectivity index (χ1) is 15.4. The third-order valence-electron chi connectivity index (χ3n) is 5.27. The topological polar surface area (TPSA) is 80.5 Å². The van der Waals surface area contributed by atoms with Crippen LogP contribution in [0.15, 0.2) is 46.9 Å². The van der Waals surface area contributed by atoms with E-state index in [0.29, 0.717) is 23.3 Å². The maximum absolute atomic E-state index is 13.5. The van der Waals surface area contributed by atoms with E-state index < -0.39 is 5.82 Å². The van der Waals surface area contributed by atoms with E-state index in [9.17, 15) is 9.18 Å². The number of piperidine rings is 1. The van der Waals surface area contributed by atoms with Crippen molar-refractivity contribution in [1.29, 1.82) is 0 Å². The fourth-order valence-corrected chi connectivity index (χ4v) is 3.88. The Morgan fingerprint density at radius 1 is 1.22 bits per heavy atom. The second-order valence-electron chi connectivity index (χ2n) is 7.61. The number of rotatable bonds is 6. The highest BCUT2D eigenvalue weighted by atomic mass is 35.5. The van der Waals surface area contributed by atoms with E-state index in [-0.39, 0.29) is 35.4 Å². The molecule has 1 fully saturated rings. The molecule has 0 unspecified atom stereocenters. The van der Waals surface area contributed by atoms with Gasteiger partial charge in [-0.25, -0.2) is 4.39 Å². The average molecular weight is 479 g/mol. The molecule has 7 nitrogen and oxygen atoms in total. The number of nitrogens with one attached hydrogen (secondary N) is 1. The molecule has 0 bridgehead atoms. The molecule has 1 aliphatic rings. The van der Waals surface area contributed by atoms with Gasteiger partial charge in [0.25, 0.3) is 5.91 Å². The van der Waals surface area contributed by atoms with E-state index in [1.165, 1.54) is 12.1 Å². The fourth-order valence-electron chi connectivity index (χ4n) is 3.64. The zero-order valence-corrected chi connectivity index (χ0v) is 18.7. The van der Waals surface area contributed by atoms with E-state index in [0.717, 1.165) is 24.5 Å². The standard InChI is InChI=1S/C22H21Cl2FN4O3/c1-29-11-15(26-20(30)12-31-16-7-8-17(24)18(25)10-16)6-9-19(29)22-28-27-21(32-22)13-2-4-14(23)5-3-13/h2-5,7-8,10,15,19H,6,9,11-12H2,1H3,(H,26,30)/t15-,19+/m0/s1. The number of amides is 1. The van der Waals surface area contributed by atoms with Crippen molar-refractivity contribution in [2.45, 2.75) is 24.9 Å². The lowest BCUT2D eigenvalue weighted by Crippen LogP contribution is -2.48. The molecule has 1 N–H and O–H groups in total. The molecule has 3 aromatic rings. The summed E-state index contributed by atoms with van der Waals surface area (Å²) in [4.78, 5) is 14.3. The normalized spacial score (nSPS) is 19.0. The Kier molecular flexibility index (Phi) is 6.93. The molecule has 0 saturated carbocycles. The molecule has 0 aliphatic carbocycles. The van der Waals surface area contributed by atoms with Crippen LogP contribution in [0.4, 0.5) is 4.39 Å². The van der Waals surface area contributed by atoms with Crippen LogP contribution in [0.25, 0.3) is 11.5 Å². The minimum atomic E-state index is -0.593. The van der Waals surface area contributed by atoms with Crippen molar-refractivity contribution in [2.24, 2.45) is 0 Å². The molecule has 2 aromatic carbocycles. The number of aromatic nitrogens is 2. The minimum Gasteiger partial charge on any atom is -0.484 e. The number of ether oxygens (including phenoxy) is 1. The molecule has 1 aromatic heterocycles. The highest BCUT2D eigenvalue weighted by Gasteiger charge is 2.31. The van der Waals surface area contributed by atoms with Gasteiger partial charge in [0.15, 0.2) is 6.61 Å². The molecule has 0 spiro atoms. The number of carbonyl (C=O) groups is 1. The summed E-state index contributed by atoms with van der Waals surface area (Å²) in [5.74, 6) is 0.354. The SMILES string of the molecule is CN1C[C@@H](NC(=O)COc2ccc(Cl)c(F)c2)CC[C@@H]1c1nnc(-c2ccc(Cl)cc2)o1. The number of benzene rings is 2. The fraction of sp³-hybridized carbons (Fsp3) is 0.318.